The quantitative estimate of drug-likeness (QED) is 0.308. The number of nitrogens with one attached hydrogen (secondary N) is 1. The number of aryl methyl sites for hydroxylation is 1. The van der Waals surface area contributed by atoms with Crippen molar-refractivity contribution in [3.63, 3.8) is 0 Å². The zero-order valence-corrected chi connectivity index (χ0v) is 20.5. The first-order chi connectivity index (χ1) is 16.4. The number of methoxy groups -OCH3 is 1. The number of thioether (sulfide) groups is 1. The van der Waals surface area contributed by atoms with E-state index in [9.17, 15) is 9.59 Å². The Hall–Kier alpha value is -3.58. The van der Waals surface area contributed by atoms with Crippen LogP contribution in [0.4, 0.5) is 0 Å². The van der Waals surface area contributed by atoms with Crippen molar-refractivity contribution in [3.05, 3.63) is 93.8 Å². The lowest BCUT2D eigenvalue weighted by molar-refractivity contribution is -0.120. The van der Waals surface area contributed by atoms with E-state index in [2.05, 4.69) is 5.32 Å². The van der Waals surface area contributed by atoms with Crippen molar-refractivity contribution >= 4 is 28.6 Å². The SMILES string of the molecule is COc1ccccc1CNC(=O)C(C)Sc1nc2ccccc2c(=O)n1-c1cccc(C)c1C. The normalized spacial score (nSPS) is 11.9. The minimum atomic E-state index is -0.473. The van der Waals surface area contributed by atoms with Gasteiger partial charge in [0.15, 0.2) is 5.16 Å². The third-order valence-corrected chi connectivity index (χ3v) is 6.91. The summed E-state index contributed by atoms with van der Waals surface area (Å²) in [4.78, 5) is 31.3. The van der Waals surface area contributed by atoms with Crippen LogP contribution in [-0.2, 0) is 11.3 Å². The third-order valence-electron chi connectivity index (χ3n) is 5.86. The Balaban J connectivity index is 1.67. The fourth-order valence-corrected chi connectivity index (χ4v) is 4.71. The highest BCUT2D eigenvalue weighted by Crippen LogP contribution is 2.27. The zero-order valence-electron chi connectivity index (χ0n) is 19.7. The fraction of sp³-hybridized carbons (Fsp3) is 0.222. The maximum atomic E-state index is 13.5. The van der Waals surface area contributed by atoms with Crippen LogP contribution in [0.3, 0.4) is 0 Å². The van der Waals surface area contributed by atoms with Crippen LogP contribution in [0.2, 0.25) is 0 Å². The molecule has 34 heavy (non-hydrogen) atoms. The van der Waals surface area contributed by atoms with E-state index in [1.807, 2.05) is 81.4 Å². The van der Waals surface area contributed by atoms with E-state index in [-0.39, 0.29) is 11.5 Å². The summed E-state index contributed by atoms with van der Waals surface area (Å²) in [7, 11) is 1.61. The summed E-state index contributed by atoms with van der Waals surface area (Å²) in [5.74, 6) is 0.578. The van der Waals surface area contributed by atoms with Gasteiger partial charge in [-0.2, -0.15) is 0 Å². The average Bonchev–Trinajstić information content (AvgIpc) is 2.85. The second kappa shape index (κ2) is 10.1. The highest BCUT2D eigenvalue weighted by Gasteiger charge is 2.21. The van der Waals surface area contributed by atoms with Crippen molar-refractivity contribution in [2.45, 2.75) is 37.7 Å². The molecule has 0 bridgehead atoms. The fourth-order valence-electron chi connectivity index (χ4n) is 3.77. The van der Waals surface area contributed by atoms with Gasteiger partial charge in [-0.15, -0.1) is 0 Å². The molecular formula is C27H27N3O3S. The summed E-state index contributed by atoms with van der Waals surface area (Å²) in [5.41, 5.74) is 4.20. The van der Waals surface area contributed by atoms with E-state index < -0.39 is 5.25 Å². The van der Waals surface area contributed by atoms with Gasteiger partial charge < -0.3 is 10.1 Å². The summed E-state index contributed by atoms with van der Waals surface area (Å²) < 4.78 is 6.99. The molecule has 0 saturated heterocycles. The van der Waals surface area contributed by atoms with Gasteiger partial charge in [0, 0.05) is 12.1 Å². The van der Waals surface area contributed by atoms with E-state index in [4.69, 9.17) is 9.72 Å². The molecule has 1 amide bonds. The molecule has 1 atom stereocenters. The van der Waals surface area contributed by atoms with Crippen molar-refractivity contribution < 1.29 is 9.53 Å². The number of hydrogen-bond donors (Lipinski definition) is 1. The van der Waals surface area contributed by atoms with E-state index in [1.54, 1.807) is 17.7 Å². The van der Waals surface area contributed by atoms with Crippen LogP contribution in [0.5, 0.6) is 5.75 Å². The molecule has 1 N–H and O–H groups in total. The predicted octanol–water partition coefficient (Wildman–Crippen LogP) is 4.81. The van der Waals surface area contributed by atoms with Gasteiger partial charge in [-0.1, -0.05) is 54.2 Å². The van der Waals surface area contributed by atoms with Crippen LogP contribution >= 0.6 is 11.8 Å². The number of fused-ring (bicyclic) bond motifs is 1. The second-order valence-corrected chi connectivity index (χ2v) is 9.37. The molecule has 4 rings (SSSR count). The standard InChI is InChI=1S/C27H27N3O3S/c1-17-10-9-14-23(18(17)2)30-26(32)21-12-6-7-13-22(21)29-27(30)34-19(3)25(31)28-16-20-11-5-8-15-24(20)33-4/h5-15,19H,16H2,1-4H3,(H,28,31). The first-order valence-corrected chi connectivity index (χ1v) is 11.9. The van der Waals surface area contributed by atoms with Gasteiger partial charge in [-0.3, -0.25) is 14.2 Å². The van der Waals surface area contributed by atoms with Crippen molar-refractivity contribution in [1.82, 2.24) is 14.9 Å². The maximum absolute atomic E-state index is 13.5. The lowest BCUT2D eigenvalue weighted by Crippen LogP contribution is -2.31. The van der Waals surface area contributed by atoms with Gasteiger partial charge in [-0.05, 0) is 56.2 Å². The number of carbonyl (C=O) groups is 1. The molecule has 3 aromatic carbocycles. The molecule has 0 spiro atoms. The van der Waals surface area contributed by atoms with Crippen LogP contribution in [0.15, 0.2) is 76.7 Å². The number of ether oxygens (including phenoxy) is 1. The van der Waals surface area contributed by atoms with Crippen molar-refractivity contribution in [1.29, 1.82) is 0 Å². The smallest absolute Gasteiger partial charge is 0.266 e. The van der Waals surface area contributed by atoms with Crippen LogP contribution in [0.25, 0.3) is 16.6 Å². The van der Waals surface area contributed by atoms with Crippen LogP contribution in [0.1, 0.15) is 23.6 Å². The van der Waals surface area contributed by atoms with Crippen molar-refractivity contribution in [2.24, 2.45) is 0 Å². The van der Waals surface area contributed by atoms with E-state index in [1.165, 1.54) is 11.8 Å². The largest absolute Gasteiger partial charge is 0.496 e. The number of amides is 1. The van der Waals surface area contributed by atoms with Gasteiger partial charge in [-0.25, -0.2) is 4.98 Å². The van der Waals surface area contributed by atoms with Gasteiger partial charge in [0.05, 0.1) is 29.0 Å². The molecule has 0 aliphatic rings. The lowest BCUT2D eigenvalue weighted by Gasteiger charge is -2.18. The van der Waals surface area contributed by atoms with Crippen molar-refractivity contribution in [3.8, 4) is 11.4 Å². The van der Waals surface area contributed by atoms with Crippen molar-refractivity contribution in [2.75, 3.05) is 7.11 Å². The van der Waals surface area contributed by atoms with Crippen LogP contribution in [0, 0.1) is 13.8 Å². The lowest BCUT2D eigenvalue weighted by atomic mass is 10.1. The van der Waals surface area contributed by atoms with E-state index >= 15 is 0 Å². The molecular weight excluding hydrogens is 446 g/mol. The number of rotatable bonds is 7. The average molecular weight is 474 g/mol. The summed E-state index contributed by atoms with van der Waals surface area (Å²) in [6.07, 6.45) is 0. The molecule has 0 radical (unpaired) electrons. The molecule has 0 aliphatic heterocycles. The van der Waals surface area contributed by atoms with E-state index in [0.29, 0.717) is 22.6 Å². The van der Waals surface area contributed by atoms with Crippen LogP contribution in [-0.4, -0.2) is 27.8 Å². The molecule has 1 aromatic heterocycles. The Bertz CT molecular complexity index is 1410. The highest BCUT2D eigenvalue weighted by atomic mass is 32.2. The second-order valence-electron chi connectivity index (χ2n) is 8.06. The Morgan fingerprint density at radius 1 is 1.06 bits per heavy atom. The molecule has 6 nitrogen and oxygen atoms in total. The first kappa shape index (κ1) is 23.6. The number of hydrogen-bond acceptors (Lipinski definition) is 5. The Kier molecular flexibility index (Phi) is 7.03. The first-order valence-electron chi connectivity index (χ1n) is 11.1. The third kappa shape index (κ3) is 4.70. The monoisotopic (exact) mass is 473 g/mol. The van der Waals surface area contributed by atoms with E-state index in [0.717, 1.165) is 28.1 Å². The minimum absolute atomic E-state index is 0.147. The molecule has 7 heteroatoms. The predicted molar refractivity (Wildman–Crippen MR) is 137 cm³/mol. The molecule has 0 aliphatic carbocycles. The van der Waals surface area contributed by atoms with Gasteiger partial charge in [0.1, 0.15) is 5.75 Å². The molecule has 0 saturated carbocycles. The van der Waals surface area contributed by atoms with Gasteiger partial charge in [0.2, 0.25) is 5.91 Å². The van der Waals surface area contributed by atoms with Gasteiger partial charge >= 0.3 is 0 Å². The number of para-hydroxylation sites is 2. The zero-order chi connectivity index (χ0) is 24.2. The van der Waals surface area contributed by atoms with Gasteiger partial charge in [0.25, 0.3) is 5.56 Å². The molecule has 174 valence electrons. The molecule has 1 heterocycles. The van der Waals surface area contributed by atoms with Crippen LogP contribution < -0.4 is 15.6 Å². The Labute approximate surface area is 203 Å². The number of benzene rings is 3. The summed E-state index contributed by atoms with van der Waals surface area (Å²) in [6.45, 7) is 6.17. The Morgan fingerprint density at radius 2 is 1.79 bits per heavy atom. The number of nitrogens with zero attached hydrogens (tertiary/aromatic N) is 2. The summed E-state index contributed by atoms with van der Waals surface area (Å²) in [6, 6.07) is 20.7. The Morgan fingerprint density at radius 3 is 2.59 bits per heavy atom. The number of carbonyl (C=O) groups excluding carboxylic acids is 1. The molecule has 0 fully saturated rings. The molecule has 1 unspecified atom stereocenters. The minimum Gasteiger partial charge on any atom is -0.496 e. The maximum Gasteiger partial charge on any atom is 0.266 e. The summed E-state index contributed by atoms with van der Waals surface area (Å²) >= 11 is 1.27. The number of aromatic nitrogens is 2. The highest BCUT2D eigenvalue weighted by molar-refractivity contribution is 8.00. The molecule has 4 aromatic rings. The summed E-state index contributed by atoms with van der Waals surface area (Å²) in [5, 5.41) is 3.52. The topological polar surface area (TPSA) is 73.2 Å².